The minimum Gasteiger partial charge on any atom is -0.396 e. The summed E-state index contributed by atoms with van der Waals surface area (Å²) in [5.41, 5.74) is 0.986. The quantitative estimate of drug-likeness (QED) is 0.811. The van der Waals surface area contributed by atoms with Crippen molar-refractivity contribution in [2.45, 2.75) is 25.4 Å². The van der Waals surface area contributed by atoms with Crippen LogP contribution in [0, 0.1) is 0 Å². The Bertz CT molecular complexity index is 368. The summed E-state index contributed by atoms with van der Waals surface area (Å²) in [6, 6.07) is 5.63. The van der Waals surface area contributed by atoms with E-state index in [-0.39, 0.29) is 18.7 Å². The molecule has 1 rings (SSSR count). The summed E-state index contributed by atoms with van der Waals surface area (Å²) in [5.74, 6) is 0. The van der Waals surface area contributed by atoms with Crippen LogP contribution in [0.25, 0.3) is 0 Å². The average Bonchev–Trinajstić information content (AvgIpc) is 2.29. The van der Waals surface area contributed by atoms with Gasteiger partial charge in [0.1, 0.15) is 0 Å². The van der Waals surface area contributed by atoms with Gasteiger partial charge in [0.25, 0.3) is 0 Å². The van der Waals surface area contributed by atoms with Gasteiger partial charge >= 0.3 is 0 Å². The van der Waals surface area contributed by atoms with Gasteiger partial charge in [-0.3, -0.25) is 0 Å². The van der Waals surface area contributed by atoms with Crippen molar-refractivity contribution in [1.29, 1.82) is 0 Å². The van der Waals surface area contributed by atoms with Crippen LogP contribution >= 0.6 is 23.2 Å². The fourth-order valence-electron chi connectivity index (χ4n) is 1.87. The molecule has 0 amide bonds. The van der Waals surface area contributed by atoms with E-state index in [1.165, 1.54) is 0 Å². The molecule has 102 valence electrons. The van der Waals surface area contributed by atoms with E-state index >= 15 is 0 Å². The van der Waals surface area contributed by atoms with E-state index in [1.807, 2.05) is 19.1 Å². The van der Waals surface area contributed by atoms with Gasteiger partial charge in [0.2, 0.25) is 0 Å². The van der Waals surface area contributed by atoms with E-state index < -0.39 is 0 Å². The van der Waals surface area contributed by atoms with Gasteiger partial charge in [0.05, 0.1) is 6.61 Å². The van der Waals surface area contributed by atoms with Crippen molar-refractivity contribution in [3.63, 3.8) is 0 Å². The molecule has 0 radical (unpaired) electrons. The number of nitrogens with one attached hydrogen (secondary N) is 1. The smallest absolute Gasteiger partial charge is 0.0616 e. The number of aliphatic hydroxyl groups is 1. The second kappa shape index (κ2) is 7.97. The third-order valence-electron chi connectivity index (χ3n) is 2.76. The number of methoxy groups -OCH3 is 1. The zero-order valence-corrected chi connectivity index (χ0v) is 12.1. The predicted molar refractivity (Wildman–Crippen MR) is 75.4 cm³/mol. The van der Waals surface area contributed by atoms with E-state index in [4.69, 9.17) is 33.0 Å². The Morgan fingerprint density at radius 3 is 2.67 bits per heavy atom. The molecule has 0 aliphatic carbocycles. The Morgan fingerprint density at radius 1 is 1.39 bits per heavy atom. The second-order valence-corrected chi connectivity index (χ2v) is 5.06. The molecule has 2 atom stereocenters. The van der Waals surface area contributed by atoms with Crippen molar-refractivity contribution in [2.75, 3.05) is 20.3 Å². The van der Waals surface area contributed by atoms with Crippen LogP contribution in [-0.4, -0.2) is 31.5 Å². The topological polar surface area (TPSA) is 41.5 Å². The zero-order valence-electron chi connectivity index (χ0n) is 10.6. The molecule has 2 unspecified atom stereocenters. The second-order valence-electron chi connectivity index (χ2n) is 4.22. The van der Waals surface area contributed by atoms with Gasteiger partial charge in [-0.2, -0.15) is 0 Å². The number of halogens is 2. The number of ether oxygens (including phenoxy) is 1. The fraction of sp³-hybridized carbons (Fsp3) is 0.538. The van der Waals surface area contributed by atoms with Crippen LogP contribution in [0.1, 0.15) is 24.9 Å². The molecule has 0 aliphatic heterocycles. The molecule has 3 nitrogen and oxygen atoms in total. The highest BCUT2D eigenvalue weighted by atomic mass is 35.5. The molecule has 0 aromatic heterocycles. The Morgan fingerprint density at radius 2 is 2.11 bits per heavy atom. The Hall–Kier alpha value is -0.320. The molecule has 5 heteroatoms. The molecule has 2 N–H and O–H groups in total. The van der Waals surface area contributed by atoms with Crippen LogP contribution in [0.15, 0.2) is 18.2 Å². The molecule has 0 fully saturated rings. The number of aliphatic hydroxyl groups excluding tert-OH is 1. The Labute approximate surface area is 118 Å². The molecule has 1 aromatic rings. The number of hydrogen-bond acceptors (Lipinski definition) is 3. The van der Waals surface area contributed by atoms with Gasteiger partial charge in [-0.1, -0.05) is 29.3 Å². The first-order chi connectivity index (χ1) is 8.58. The van der Waals surface area contributed by atoms with Crippen molar-refractivity contribution in [3.8, 4) is 0 Å². The summed E-state index contributed by atoms with van der Waals surface area (Å²) in [7, 11) is 1.64. The molecule has 0 aliphatic rings. The van der Waals surface area contributed by atoms with Crippen molar-refractivity contribution in [1.82, 2.24) is 5.32 Å². The minimum atomic E-state index is 0.0708. The first-order valence-corrected chi connectivity index (χ1v) is 6.64. The molecule has 0 saturated carbocycles. The minimum absolute atomic E-state index is 0.0708. The summed E-state index contributed by atoms with van der Waals surface area (Å²) >= 11 is 12.0. The van der Waals surface area contributed by atoms with Gasteiger partial charge in [-0.15, -0.1) is 0 Å². The predicted octanol–water partition coefficient (Wildman–Crippen LogP) is 3.04. The summed E-state index contributed by atoms with van der Waals surface area (Å²) in [6.07, 6.45) is 0.642. The van der Waals surface area contributed by atoms with Crippen molar-refractivity contribution in [3.05, 3.63) is 33.8 Å². The van der Waals surface area contributed by atoms with Crippen LogP contribution in [-0.2, 0) is 4.74 Å². The third kappa shape index (κ3) is 4.75. The standard InChI is InChI=1S/C13H19Cl2NO2/c1-9(16-11(5-6-17)8-18-2)12-4-3-10(14)7-13(12)15/h3-4,7,9,11,16-17H,5-6,8H2,1-2H3. The summed E-state index contributed by atoms with van der Waals surface area (Å²) in [6.45, 7) is 2.70. The number of hydrogen-bond donors (Lipinski definition) is 2. The van der Waals surface area contributed by atoms with E-state index in [1.54, 1.807) is 13.2 Å². The fourth-order valence-corrected chi connectivity index (χ4v) is 2.44. The monoisotopic (exact) mass is 291 g/mol. The lowest BCUT2D eigenvalue weighted by atomic mass is 10.1. The molecular weight excluding hydrogens is 273 g/mol. The molecule has 0 bridgehead atoms. The highest BCUT2D eigenvalue weighted by Gasteiger charge is 2.15. The van der Waals surface area contributed by atoms with Crippen molar-refractivity contribution in [2.24, 2.45) is 0 Å². The van der Waals surface area contributed by atoms with Gasteiger partial charge in [0.15, 0.2) is 0 Å². The third-order valence-corrected chi connectivity index (χ3v) is 3.32. The first-order valence-electron chi connectivity index (χ1n) is 5.89. The number of benzene rings is 1. The normalized spacial score (nSPS) is 14.5. The Balaban J connectivity index is 2.70. The molecular formula is C13H19Cl2NO2. The maximum atomic E-state index is 9.00. The number of rotatable bonds is 7. The van der Waals surface area contributed by atoms with E-state index in [0.717, 1.165) is 5.56 Å². The SMILES string of the molecule is COCC(CCO)NC(C)c1ccc(Cl)cc1Cl. The Kier molecular flexibility index (Phi) is 6.97. The summed E-state index contributed by atoms with van der Waals surface area (Å²) in [5, 5.41) is 13.6. The maximum absolute atomic E-state index is 9.00. The van der Waals surface area contributed by atoms with Crippen LogP contribution in [0.5, 0.6) is 0 Å². The summed E-state index contributed by atoms with van der Waals surface area (Å²) < 4.78 is 5.11. The van der Waals surface area contributed by atoms with Gasteiger partial charge in [-0.25, -0.2) is 0 Å². The van der Waals surface area contributed by atoms with Gasteiger partial charge in [0, 0.05) is 35.8 Å². The largest absolute Gasteiger partial charge is 0.396 e. The lowest BCUT2D eigenvalue weighted by Crippen LogP contribution is -2.36. The van der Waals surface area contributed by atoms with E-state index in [0.29, 0.717) is 23.1 Å². The molecule has 0 spiro atoms. The molecule has 0 heterocycles. The van der Waals surface area contributed by atoms with Crippen LogP contribution in [0.3, 0.4) is 0 Å². The van der Waals surface area contributed by atoms with Crippen LogP contribution in [0.4, 0.5) is 0 Å². The van der Waals surface area contributed by atoms with Gasteiger partial charge < -0.3 is 15.2 Å². The molecule has 0 saturated heterocycles. The van der Waals surface area contributed by atoms with Gasteiger partial charge in [-0.05, 0) is 31.0 Å². The lowest BCUT2D eigenvalue weighted by Gasteiger charge is -2.23. The highest BCUT2D eigenvalue weighted by Crippen LogP contribution is 2.26. The van der Waals surface area contributed by atoms with Crippen LogP contribution in [0.2, 0.25) is 10.0 Å². The first kappa shape index (κ1) is 15.7. The zero-order chi connectivity index (χ0) is 13.5. The van der Waals surface area contributed by atoms with Crippen molar-refractivity contribution >= 4 is 23.2 Å². The van der Waals surface area contributed by atoms with E-state index in [2.05, 4.69) is 5.32 Å². The summed E-state index contributed by atoms with van der Waals surface area (Å²) in [4.78, 5) is 0. The highest BCUT2D eigenvalue weighted by molar-refractivity contribution is 6.35. The van der Waals surface area contributed by atoms with E-state index in [9.17, 15) is 0 Å². The van der Waals surface area contributed by atoms with Crippen LogP contribution < -0.4 is 5.32 Å². The molecule has 1 aromatic carbocycles. The van der Waals surface area contributed by atoms with Crippen molar-refractivity contribution < 1.29 is 9.84 Å². The molecule has 18 heavy (non-hydrogen) atoms. The lowest BCUT2D eigenvalue weighted by molar-refractivity contribution is 0.143. The maximum Gasteiger partial charge on any atom is 0.0616 e. The average molecular weight is 292 g/mol.